The maximum absolute atomic E-state index is 12.4. The fourth-order valence-electron chi connectivity index (χ4n) is 3.48. The second-order valence-corrected chi connectivity index (χ2v) is 7.26. The number of benzene rings is 1. The van der Waals surface area contributed by atoms with Crippen molar-refractivity contribution in [3.63, 3.8) is 0 Å². The molecule has 2 N–H and O–H groups in total. The molecule has 2 fully saturated rings. The third kappa shape index (κ3) is 3.23. The Bertz CT molecular complexity index is 668. The molecule has 1 aromatic carbocycles. The first-order chi connectivity index (χ1) is 11.8. The fourth-order valence-corrected chi connectivity index (χ4v) is 4.17. The Labute approximate surface area is 146 Å². The molecule has 0 aliphatic carbocycles. The number of amides is 1. The quantitative estimate of drug-likeness (QED) is 0.897. The normalized spacial score (nSPS) is 25.1. The minimum Gasteiger partial charge on any atom is -0.335 e. The lowest BCUT2D eigenvalue weighted by Gasteiger charge is -2.37. The maximum atomic E-state index is 12.4. The molecule has 2 aliphatic rings. The van der Waals surface area contributed by atoms with E-state index in [1.54, 1.807) is 0 Å². The molecule has 2 aliphatic heterocycles. The Morgan fingerprint density at radius 1 is 1.00 bits per heavy atom. The number of hydrazine groups is 1. The van der Waals surface area contributed by atoms with Crippen molar-refractivity contribution in [2.75, 3.05) is 26.2 Å². The van der Waals surface area contributed by atoms with Crippen molar-refractivity contribution in [3.05, 3.63) is 58.3 Å². The van der Waals surface area contributed by atoms with Gasteiger partial charge in [-0.15, -0.1) is 11.3 Å². The number of nitrogens with one attached hydrogen (secondary N) is 2. The molecule has 6 heteroatoms. The van der Waals surface area contributed by atoms with Crippen molar-refractivity contribution >= 4 is 17.2 Å². The highest BCUT2D eigenvalue weighted by Crippen LogP contribution is 2.24. The third-order valence-electron chi connectivity index (χ3n) is 4.86. The van der Waals surface area contributed by atoms with Crippen molar-refractivity contribution in [2.45, 2.75) is 18.6 Å². The van der Waals surface area contributed by atoms with Gasteiger partial charge in [0.25, 0.3) is 5.91 Å². The maximum Gasteiger partial charge on any atom is 0.264 e. The second kappa shape index (κ2) is 7.03. The molecule has 0 bridgehead atoms. The van der Waals surface area contributed by atoms with Crippen LogP contribution in [0, 0.1) is 0 Å². The van der Waals surface area contributed by atoms with Gasteiger partial charge in [0.05, 0.1) is 11.0 Å². The van der Waals surface area contributed by atoms with Gasteiger partial charge >= 0.3 is 0 Å². The van der Waals surface area contributed by atoms with Gasteiger partial charge in [0.1, 0.15) is 0 Å². The minimum absolute atomic E-state index is 0.171. The molecule has 126 valence electrons. The first-order valence-electron chi connectivity index (χ1n) is 8.44. The molecule has 2 saturated heterocycles. The summed E-state index contributed by atoms with van der Waals surface area (Å²) in [6.07, 6.45) is 1.37. The van der Waals surface area contributed by atoms with Crippen LogP contribution in [0.2, 0.25) is 0 Å². The first-order valence-corrected chi connectivity index (χ1v) is 9.32. The van der Waals surface area contributed by atoms with Crippen LogP contribution in [0.3, 0.4) is 0 Å². The first kappa shape index (κ1) is 15.8. The van der Waals surface area contributed by atoms with Crippen LogP contribution in [-0.4, -0.2) is 48.1 Å². The number of nitrogens with zero attached hydrogens (tertiary/aromatic N) is 2. The Balaban J connectivity index is 1.31. The average molecular weight is 342 g/mol. The summed E-state index contributed by atoms with van der Waals surface area (Å²) in [5, 5.41) is 1.96. The Morgan fingerprint density at radius 2 is 1.79 bits per heavy atom. The smallest absolute Gasteiger partial charge is 0.264 e. The van der Waals surface area contributed by atoms with E-state index in [2.05, 4.69) is 40.0 Å². The predicted molar refractivity (Wildman–Crippen MR) is 95.7 cm³/mol. The van der Waals surface area contributed by atoms with Gasteiger partial charge in [0, 0.05) is 32.2 Å². The van der Waals surface area contributed by atoms with Crippen LogP contribution in [0.15, 0.2) is 47.8 Å². The highest BCUT2D eigenvalue weighted by Gasteiger charge is 2.32. The van der Waals surface area contributed by atoms with Gasteiger partial charge in [-0.25, -0.2) is 10.9 Å². The van der Waals surface area contributed by atoms with Gasteiger partial charge in [-0.2, -0.15) is 0 Å². The Kier molecular flexibility index (Phi) is 4.62. The molecule has 1 aromatic heterocycles. The zero-order chi connectivity index (χ0) is 16.4. The Hall–Kier alpha value is -1.73. The number of carbonyl (C=O) groups is 1. The van der Waals surface area contributed by atoms with Crippen LogP contribution in [0.4, 0.5) is 0 Å². The molecular weight excluding hydrogens is 320 g/mol. The second-order valence-electron chi connectivity index (χ2n) is 6.31. The summed E-state index contributed by atoms with van der Waals surface area (Å²) in [6, 6.07) is 14.7. The number of hydrogen-bond acceptors (Lipinski definition) is 5. The Morgan fingerprint density at radius 3 is 2.50 bits per heavy atom. The highest BCUT2D eigenvalue weighted by atomic mass is 32.1. The minimum atomic E-state index is 0.171. The van der Waals surface area contributed by atoms with Gasteiger partial charge < -0.3 is 4.90 Å². The summed E-state index contributed by atoms with van der Waals surface area (Å²) >= 11 is 1.52. The van der Waals surface area contributed by atoms with E-state index in [0.29, 0.717) is 12.2 Å². The molecule has 2 aromatic rings. The van der Waals surface area contributed by atoms with Crippen LogP contribution in [-0.2, 0) is 0 Å². The number of hydrogen-bond donors (Lipinski definition) is 2. The van der Waals surface area contributed by atoms with Crippen LogP contribution in [0.1, 0.15) is 27.7 Å². The summed E-state index contributed by atoms with van der Waals surface area (Å²) < 4.78 is 0. The van der Waals surface area contributed by atoms with Crippen molar-refractivity contribution < 1.29 is 4.79 Å². The molecule has 2 atom stereocenters. The molecule has 3 heterocycles. The van der Waals surface area contributed by atoms with Gasteiger partial charge in [-0.05, 0) is 23.4 Å². The molecule has 5 nitrogen and oxygen atoms in total. The van der Waals surface area contributed by atoms with E-state index < -0.39 is 0 Å². The number of thiophene rings is 1. The van der Waals surface area contributed by atoms with Gasteiger partial charge in [-0.3, -0.25) is 9.69 Å². The number of piperazine rings is 1. The van der Waals surface area contributed by atoms with Gasteiger partial charge in [0.15, 0.2) is 0 Å². The van der Waals surface area contributed by atoms with E-state index in [1.807, 2.05) is 28.5 Å². The molecule has 0 spiro atoms. The summed E-state index contributed by atoms with van der Waals surface area (Å²) in [7, 11) is 0. The van der Waals surface area contributed by atoms with E-state index in [0.717, 1.165) is 37.5 Å². The van der Waals surface area contributed by atoms with Crippen molar-refractivity contribution in [1.82, 2.24) is 20.7 Å². The monoisotopic (exact) mass is 342 g/mol. The standard InChI is InChI=1S/C18H22N4OS/c23-18(16-7-4-12-24-16)22-10-8-21(9-11-22)17-13-15(19-20-17)14-5-2-1-3-6-14/h1-7,12,15,17,19-20H,8-11,13H2. The molecule has 4 rings (SSSR count). The molecule has 0 saturated carbocycles. The molecule has 1 amide bonds. The lowest BCUT2D eigenvalue weighted by Crippen LogP contribution is -2.55. The summed E-state index contributed by atoms with van der Waals surface area (Å²) in [5.41, 5.74) is 8.15. The van der Waals surface area contributed by atoms with Crippen LogP contribution >= 0.6 is 11.3 Å². The summed E-state index contributed by atoms with van der Waals surface area (Å²) in [5.74, 6) is 0.171. The van der Waals surface area contributed by atoms with E-state index in [-0.39, 0.29) is 5.91 Å². The lowest BCUT2D eigenvalue weighted by molar-refractivity contribution is 0.0549. The zero-order valence-electron chi connectivity index (χ0n) is 13.5. The number of carbonyl (C=O) groups excluding carboxylic acids is 1. The van der Waals surface area contributed by atoms with Gasteiger partial charge in [0.2, 0.25) is 0 Å². The molecule has 0 radical (unpaired) electrons. The van der Waals surface area contributed by atoms with Crippen molar-refractivity contribution in [3.8, 4) is 0 Å². The summed E-state index contributed by atoms with van der Waals surface area (Å²) in [4.78, 5) is 17.7. The van der Waals surface area contributed by atoms with E-state index in [4.69, 9.17) is 0 Å². The lowest BCUT2D eigenvalue weighted by atomic mass is 10.0. The van der Waals surface area contributed by atoms with Crippen LogP contribution in [0.25, 0.3) is 0 Å². The number of rotatable bonds is 3. The van der Waals surface area contributed by atoms with E-state index in [9.17, 15) is 4.79 Å². The average Bonchev–Trinajstić information content (AvgIpc) is 3.34. The zero-order valence-corrected chi connectivity index (χ0v) is 14.3. The van der Waals surface area contributed by atoms with Gasteiger partial charge in [-0.1, -0.05) is 36.4 Å². The van der Waals surface area contributed by atoms with Crippen molar-refractivity contribution in [1.29, 1.82) is 0 Å². The fraction of sp³-hybridized carbons (Fsp3) is 0.389. The SMILES string of the molecule is O=C(c1cccs1)N1CCN(C2CC(c3ccccc3)NN2)CC1. The largest absolute Gasteiger partial charge is 0.335 e. The van der Waals surface area contributed by atoms with Crippen LogP contribution in [0.5, 0.6) is 0 Å². The molecule has 2 unspecified atom stereocenters. The van der Waals surface area contributed by atoms with E-state index >= 15 is 0 Å². The topological polar surface area (TPSA) is 47.6 Å². The highest BCUT2D eigenvalue weighted by molar-refractivity contribution is 7.12. The van der Waals surface area contributed by atoms with E-state index in [1.165, 1.54) is 16.9 Å². The summed E-state index contributed by atoms with van der Waals surface area (Å²) in [6.45, 7) is 3.42. The molecular formula is C18H22N4OS. The molecule has 24 heavy (non-hydrogen) atoms. The van der Waals surface area contributed by atoms with Crippen molar-refractivity contribution in [2.24, 2.45) is 0 Å². The van der Waals surface area contributed by atoms with Crippen LogP contribution < -0.4 is 10.9 Å². The predicted octanol–water partition coefficient (Wildman–Crippen LogP) is 2.07. The third-order valence-corrected chi connectivity index (χ3v) is 5.72.